The molecular weight excluding hydrogens is 424 g/mol. The maximum Gasteiger partial charge on any atom is 0.209 e. The first-order valence-corrected chi connectivity index (χ1v) is 10.3. The number of halogens is 1. The smallest absolute Gasteiger partial charge is 0.209 e. The van der Waals surface area contributed by atoms with Gasteiger partial charge in [0.1, 0.15) is 5.03 Å². The van der Waals surface area contributed by atoms with Gasteiger partial charge < -0.3 is 0 Å². The van der Waals surface area contributed by atoms with E-state index in [0.29, 0.717) is 12.4 Å². The first-order valence-electron chi connectivity index (χ1n) is 8.53. The van der Waals surface area contributed by atoms with Crippen molar-refractivity contribution >= 4 is 27.7 Å². The zero-order valence-electron chi connectivity index (χ0n) is 14.7. The number of nitrogens with zero attached hydrogens (tertiary/aromatic N) is 6. The molecule has 2 aromatic heterocycles. The maximum atomic E-state index is 4.61. The van der Waals surface area contributed by atoms with Gasteiger partial charge in [0, 0.05) is 10.2 Å². The van der Waals surface area contributed by atoms with Crippen molar-refractivity contribution in [3.63, 3.8) is 0 Å². The Morgan fingerprint density at radius 2 is 1.93 bits per heavy atom. The Kier molecular flexibility index (Phi) is 5.35. The van der Waals surface area contributed by atoms with Gasteiger partial charge in [0.05, 0.1) is 24.0 Å². The lowest BCUT2D eigenvalue weighted by atomic mass is 10.2. The van der Waals surface area contributed by atoms with E-state index in [2.05, 4.69) is 60.7 Å². The van der Waals surface area contributed by atoms with Crippen LogP contribution in [0.5, 0.6) is 0 Å². The van der Waals surface area contributed by atoms with Crippen LogP contribution >= 0.6 is 27.7 Å². The standard InChI is InChI=1S/C19H17BrN6S/c1-2-25-23-18(22-24-25)17-12-21-26(16-10-6-9-15(20)11-16)19(17)27-13-14-7-4-3-5-8-14/h3-12H,2,13H2,1H3. The fourth-order valence-corrected chi connectivity index (χ4v) is 4.09. The third-order valence-electron chi connectivity index (χ3n) is 3.97. The van der Waals surface area contributed by atoms with E-state index < -0.39 is 0 Å². The topological polar surface area (TPSA) is 61.4 Å². The van der Waals surface area contributed by atoms with Crippen molar-refractivity contribution in [3.05, 3.63) is 70.8 Å². The van der Waals surface area contributed by atoms with Crippen LogP contribution in [0.3, 0.4) is 0 Å². The lowest BCUT2D eigenvalue weighted by Crippen LogP contribution is -1.99. The van der Waals surface area contributed by atoms with Crippen molar-refractivity contribution in [1.29, 1.82) is 0 Å². The van der Waals surface area contributed by atoms with Crippen LogP contribution in [-0.2, 0) is 12.3 Å². The summed E-state index contributed by atoms with van der Waals surface area (Å²) in [5, 5.41) is 18.4. The second-order valence-corrected chi connectivity index (χ2v) is 7.71. The highest BCUT2D eigenvalue weighted by molar-refractivity contribution is 9.10. The van der Waals surface area contributed by atoms with Gasteiger partial charge in [0.15, 0.2) is 0 Å². The fourth-order valence-electron chi connectivity index (χ4n) is 2.63. The lowest BCUT2D eigenvalue weighted by Gasteiger charge is -2.09. The molecule has 2 heterocycles. The molecule has 136 valence electrons. The summed E-state index contributed by atoms with van der Waals surface area (Å²) < 4.78 is 2.94. The number of tetrazole rings is 1. The summed E-state index contributed by atoms with van der Waals surface area (Å²) >= 11 is 5.25. The molecule has 27 heavy (non-hydrogen) atoms. The molecule has 4 rings (SSSR count). The Hall–Kier alpha value is -2.45. The molecule has 0 saturated carbocycles. The molecule has 0 saturated heterocycles. The fraction of sp³-hybridized carbons (Fsp3) is 0.158. The third-order valence-corrected chi connectivity index (χ3v) is 5.61. The van der Waals surface area contributed by atoms with E-state index in [1.165, 1.54) is 5.56 Å². The van der Waals surface area contributed by atoms with E-state index >= 15 is 0 Å². The van der Waals surface area contributed by atoms with Gasteiger partial charge in [-0.2, -0.15) is 9.90 Å². The highest BCUT2D eigenvalue weighted by Gasteiger charge is 2.18. The molecule has 6 nitrogen and oxygen atoms in total. The van der Waals surface area contributed by atoms with Crippen molar-refractivity contribution < 1.29 is 0 Å². The third kappa shape index (κ3) is 3.96. The Morgan fingerprint density at radius 1 is 1.07 bits per heavy atom. The van der Waals surface area contributed by atoms with E-state index in [0.717, 1.165) is 26.5 Å². The van der Waals surface area contributed by atoms with E-state index in [4.69, 9.17) is 0 Å². The minimum absolute atomic E-state index is 0.591. The second kappa shape index (κ2) is 8.06. The summed E-state index contributed by atoms with van der Waals surface area (Å²) in [6, 6.07) is 18.4. The number of rotatable bonds is 6. The molecule has 0 aliphatic rings. The van der Waals surface area contributed by atoms with Crippen LogP contribution in [0, 0.1) is 0 Å². The molecule has 0 atom stereocenters. The minimum atomic E-state index is 0.591. The second-order valence-electron chi connectivity index (χ2n) is 5.83. The number of aryl methyl sites for hydroxylation is 1. The molecular formula is C19H17BrN6S. The quantitative estimate of drug-likeness (QED) is 0.410. The van der Waals surface area contributed by atoms with Gasteiger partial charge in [-0.15, -0.1) is 22.0 Å². The normalized spacial score (nSPS) is 11.0. The number of benzene rings is 2. The highest BCUT2D eigenvalue weighted by Crippen LogP contribution is 2.33. The summed E-state index contributed by atoms with van der Waals surface area (Å²) in [7, 11) is 0. The van der Waals surface area contributed by atoms with Gasteiger partial charge in [-0.1, -0.05) is 52.3 Å². The summed E-state index contributed by atoms with van der Waals surface area (Å²) in [5.74, 6) is 1.42. The lowest BCUT2D eigenvalue weighted by molar-refractivity contribution is 0.552. The predicted molar refractivity (Wildman–Crippen MR) is 110 cm³/mol. The van der Waals surface area contributed by atoms with Crippen LogP contribution in [0.4, 0.5) is 0 Å². The molecule has 0 amide bonds. The summed E-state index contributed by atoms with van der Waals surface area (Å²) in [6.45, 7) is 2.67. The first kappa shape index (κ1) is 17.9. The number of thioether (sulfide) groups is 1. The monoisotopic (exact) mass is 440 g/mol. The molecule has 0 aliphatic carbocycles. The summed E-state index contributed by atoms with van der Waals surface area (Å²) in [4.78, 5) is 1.58. The molecule has 0 bridgehead atoms. The highest BCUT2D eigenvalue weighted by atomic mass is 79.9. The molecule has 0 radical (unpaired) electrons. The minimum Gasteiger partial charge on any atom is -0.226 e. The molecule has 0 fully saturated rings. The summed E-state index contributed by atoms with van der Waals surface area (Å²) in [6.07, 6.45) is 1.81. The molecule has 0 unspecified atom stereocenters. The molecule has 0 aliphatic heterocycles. The van der Waals surface area contributed by atoms with Crippen LogP contribution in [0.1, 0.15) is 12.5 Å². The largest absolute Gasteiger partial charge is 0.226 e. The van der Waals surface area contributed by atoms with Gasteiger partial charge in [-0.25, -0.2) is 4.68 Å². The maximum absolute atomic E-state index is 4.61. The SMILES string of the molecule is CCn1nnc(-c2cnn(-c3cccc(Br)c3)c2SCc2ccccc2)n1. The van der Waals surface area contributed by atoms with Crippen LogP contribution in [0.15, 0.2) is 70.3 Å². The first-order chi connectivity index (χ1) is 13.2. The van der Waals surface area contributed by atoms with E-state index in [9.17, 15) is 0 Å². The molecule has 4 aromatic rings. The van der Waals surface area contributed by atoms with Crippen molar-refractivity contribution in [3.8, 4) is 17.1 Å². The van der Waals surface area contributed by atoms with Gasteiger partial charge >= 0.3 is 0 Å². The Labute approximate surface area is 169 Å². The predicted octanol–water partition coefficient (Wildman–Crippen LogP) is 4.60. The van der Waals surface area contributed by atoms with Crippen molar-refractivity contribution in [1.82, 2.24) is 30.0 Å². The van der Waals surface area contributed by atoms with E-state index in [1.807, 2.05) is 48.1 Å². The molecule has 2 aromatic carbocycles. The molecule has 8 heteroatoms. The van der Waals surface area contributed by atoms with Gasteiger partial charge in [-0.3, -0.25) is 0 Å². The van der Waals surface area contributed by atoms with Gasteiger partial charge in [0.2, 0.25) is 5.82 Å². The van der Waals surface area contributed by atoms with Crippen LogP contribution in [0.2, 0.25) is 0 Å². The molecule has 0 spiro atoms. The van der Waals surface area contributed by atoms with Crippen LogP contribution in [-0.4, -0.2) is 30.0 Å². The zero-order valence-corrected chi connectivity index (χ0v) is 17.1. The van der Waals surface area contributed by atoms with Gasteiger partial charge in [0.25, 0.3) is 0 Å². The van der Waals surface area contributed by atoms with Crippen molar-refractivity contribution in [2.45, 2.75) is 24.2 Å². The van der Waals surface area contributed by atoms with Crippen molar-refractivity contribution in [2.24, 2.45) is 0 Å². The Bertz CT molecular complexity index is 1040. The Morgan fingerprint density at radius 3 is 2.67 bits per heavy atom. The van der Waals surface area contributed by atoms with Crippen molar-refractivity contribution in [2.75, 3.05) is 0 Å². The van der Waals surface area contributed by atoms with E-state index in [1.54, 1.807) is 16.6 Å². The average molecular weight is 441 g/mol. The average Bonchev–Trinajstić information content (AvgIpc) is 3.33. The molecule has 0 N–H and O–H groups in total. The van der Waals surface area contributed by atoms with Crippen LogP contribution < -0.4 is 0 Å². The Balaban J connectivity index is 1.74. The number of aromatic nitrogens is 6. The zero-order chi connectivity index (χ0) is 18.6. The summed E-state index contributed by atoms with van der Waals surface area (Å²) in [5.41, 5.74) is 3.12. The van der Waals surface area contributed by atoms with Gasteiger partial charge in [-0.05, 0) is 35.9 Å². The number of hydrogen-bond donors (Lipinski definition) is 0. The van der Waals surface area contributed by atoms with E-state index in [-0.39, 0.29) is 0 Å². The van der Waals surface area contributed by atoms with Crippen LogP contribution in [0.25, 0.3) is 17.1 Å². The number of hydrogen-bond acceptors (Lipinski definition) is 5.